The molecule has 1 aliphatic rings. The number of hydrogen-bond acceptors (Lipinski definition) is 8. The van der Waals surface area contributed by atoms with E-state index in [1.807, 2.05) is 97.1 Å². The number of ether oxygens (including phenoxy) is 2. The minimum absolute atomic E-state index is 0.00185. The number of fused-ring (bicyclic) bond motifs is 1. The summed E-state index contributed by atoms with van der Waals surface area (Å²) in [6.07, 6.45) is 3.23. The van der Waals surface area contributed by atoms with Gasteiger partial charge in [-0.15, -0.1) is 11.8 Å². The van der Waals surface area contributed by atoms with Gasteiger partial charge in [-0.2, -0.15) is 0 Å². The van der Waals surface area contributed by atoms with Crippen molar-refractivity contribution in [2.45, 2.75) is 43.1 Å². The van der Waals surface area contributed by atoms with Crippen molar-refractivity contribution in [1.82, 2.24) is 20.3 Å². The van der Waals surface area contributed by atoms with E-state index in [9.17, 15) is 9.90 Å². The number of amides is 1. The smallest absolute Gasteiger partial charge is 0.271 e. The zero-order valence-electron chi connectivity index (χ0n) is 26.1. The molecule has 4 aromatic carbocycles. The highest BCUT2D eigenvalue weighted by atomic mass is 32.2. The van der Waals surface area contributed by atoms with E-state index in [4.69, 9.17) is 9.47 Å². The summed E-state index contributed by atoms with van der Waals surface area (Å²) in [6.45, 7) is 0.342. The molecule has 1 fully saturated rings. The van der Waals surface area contributed by atoms with Crippen molar-refractivity contribution in [3.63, 3.8) is 0 Å². The van der Waals surface area contributed by atoms with E-state index in [-0.39, 0.29) is 30.4 Å². The Morgan fingerprint density at radius 2 is 1.56 bits per heavy atom. The molecule has 2 aromatic heterocycles. The number of hydrogen-bond donors (Lipinski definition) is 2. The van der Waals surface area contributed by atoms with E-state index in [1.165, 1.54) is 6.20 Å². The second-order valence-corrected chi connectivity index (χ2v) is 12.6. The average molecular weight is 655 g/mol. The standard InChI is InChI=1S/C39H34N4O4S/c44-24-26-12-14-28(15-13-26)36-21-31(25-48-37-11-5-6-20-40-37)46-39(47-36)29-18-16-27(17-19-29)32-8-2-1-7-30(32)22-42-38(45)35-23-41-33-9-3-4-10-34(33)43-35/h1-20,23,31,36,39,44H,21-22,24-25H2,(H,42,45). The fourth-order valence-electron chi connectivity index (χ4n) is 5.74. The highest BCUT2D eigenvalue weighted by Crippen LogP contribution is 2.40. The van der Waals surface area contributed by atoms with Crippen LogP contribution >= 0.6 is 11.8 Å². The first-order chi connectivity index (χ1) is 23.6. The number of aliphatic hydroxyl groups is 1. The van der Waals surface area contributed by atoms with Crippen LogP contribution in [-0.2, 0) is 22.6 Å². The van der Waals surface area contributed by atoms with Gasteiger partial charge in [0.2, 0.25) is 0 Å². The van der Waals surface area contributed by atoms with Crippen molar-refractivity contribution in [2.24, 2.45) is 0 Å². The molecule has 0 radical (unpaired) electrons. The topological polar surface area (TPSA) is 106 Å². The summed E-state index contributed by atoms with van der Waals surface area (Å²) in [7, 11) is 0. The summed E-state index contributed by atoms with van der Waals surface area (Å²) in [5.74, 6) is 0.464. The summed E-state index contributed by atoms with van der Waals surface area (Å²) in [6, 6.07) is 37.5. The number of nitrogens with zero attached hydrogens (tertiary/aromatic N) is 3. The van der Waals surface area contributed by atoms with Gasteiger partial charge in [-0.1, -0.05) is 91.0 Å². The maximum absolute atomic E-state index is 13.0. The average Bonchev–Trinajstić information content (AvgIpc) is 3.16. The second kappa shape index (κ2) is 14.9. The minimum atomic E-state index is -0.553. The van der Waals surface area contributed by atoms with Crippen LogP contribution in [0.15, 0.2) is 133 Å². The molecule has 0 bridgehead atoms. The third kappa shape index (κ3) is 7.45. The first kappa shape index (κ1) is 31.7. The van der Waals surface area contributed by atoms with Gasteiger partial charge in [0.15, 0.2) is 6.29 Å². The van der Waals surface area contributed by atoms with Gasteiger partial charge >= 0.3 is 0 Å². The van der Waals surface area contributed by atoms with Gasteiger partial charge in [0.1, 0.15) is 5.69 Å². The Bertz CT molecular complexity index is 1990. The third-order valence-corrected chi connectivity index (χ3v) is 9.38. The molecule has 48 heavy (non-hydrogen) atoms. The van der Waals surface area contributed by atoms with E-state index in [2.05, 4.69) is 38.5 Å². The van der Waals surface area contributed by atoms with Crippen molar-refractivity contribution in [3.8, 4) is 11.1 Å². The van der Waals surface area contributed by atoms with E-state index < -0.39 is 6.29 Å². The van der Waals surface area contributed by atoms with Crippen LogP contribution in [0.3, 0.4) is 0 Å². The maximum atomic E-state index is 13.0. The zero-order valence-corrected chi connectivity index (χ0v) is 26.9. The summed E-state index contributed by atoms with van der Waals surface area (Å²) >= 11 is 1.67. The van der Waals surface area contributed by atoms with Crippen LogP contribution in [0.1, 0.15) is 51.6 Å². The molecular weight excluding hydrogens is 621 g/mol. The number of benzene rings is 4. The quantitative estimate of drug-likeness (QED) is 0.147. The largest absolute Gasteiger partial charge is 0.392 e. The normalized spacial score (nSPS) is 17.6. The molecule has 1 saturated heterocycles. The van der Waals surface area contributed by atoms with Crippen LogP contribution in [-0.4, -0.2) is 37.8 Å². The summed E-state index contributed by atoms with van der Waals surface area (Å²) in [5, 5.41) is 13.5. The number of carbonyl (C=O) groups is 1. The molecule has 0 aliphatic carbocycles. The van der Waals surface area contributed by atoms with Gasteiger partial charge < -0.3 is 19.9 Å². The summed E-state index contributed by atoms with van der Waals surface area (Å²) in [5.41, 5.74) is 7.56. The lowest BCUT2D eigenvalue weighted by molar-refractivity contribution is -0.245. The highest BCUT2D eigenvalue weighted by molar-refractivity contribution is 7.99. The number of aromatic nitrogens is 3. The van der Waals surface area contributed by atoms with Crippen LogP contribution in [0.4, 0.5) is 0 Å². The second-order valence-electron chi connectivity index (χ2n) is 11.5. The van der Waals surface area contributed by atoms with Gasteiger partial charge in [0, 0.05) is 30.5 Å². The van der Waals surface area contributed by atoms with Crippen molar-refractivity contribution in [2.75, 3.05) is 5.75 Å². The molecule has 0 saturated carbocycles. The fourth-order valence-corrected chi connectivity index (χ4v) is 6.62. The Morgan fingerprint density at radius 1 is 0.812 bits per heavy atom. The van der Waals surface area contributed by atoms with Gasteiger partial charge in [-0.05, 0) is 52.1 Å². The van der Waals surface area contributed by atoms with Crippen LogP contribution in [0.2, 0.25) is 0 Å². The molecule has 9 heteroatoms. The van der Waals surface area contributed by atoms with E-state index in [1.54, 1.807) is 18.0 Å². The molecule has 8 nitrogen and oxygen atoms in total. The minimum Gasteiger partial charge on any atom is -0.392 e. The molecule has 1 amide bonds. The van der Waals surface area contributed by atoms with Gasteiger partial charge in [-0.25, -0.2) is 9.97 Å². The first-order valence-electron chi connectivity index (χ1n) is 15.9. The van der Waals surface area contributed by atoms with Gasteiger partial charge in [0.05, 0.1) is 41.1 Å². The molecule has 240 valence electrons. The fraction of sp³-hybridized carbons (Fsp3) is 0.179. The SMILES string of the molecule is O=C(NCc1ccccc1-c1ccc(C2OC(CSc3ccccn3)CC(c3ccc(CO)cc3)O2)cc1)c1cnc2ccccc2n1. The van der Waals surface area contributed by atoms with Crippen LogP contribution in [0.25, 0.3) is 22.2 Å². The lowest BCUT2D eigenvalue weighted by Crippen LogP contribution is -2.31. The Hall–Kier alpha value is -4.93. The first-order valence-corrected chi connectivity index (χ1v) is 16.8. The number of para-hydroxylation sites is 2. The van der Waals surface area contributed by atoms with Gasteiger partial charge in [-0.3, -0.25) is 9.78 Å². The van der Waals surface area contributed by atoms with Crippen molar-refractivity contribution in [1.29, 1.82) is 0 Å². The number of aliphatic hydroxyl groups excluding tert-OH is 1. The Balaban J connectivity index is 1.07. The number of rotatable bonds is 10. The predicted octanol–water partition coefficient (Wildman–Crippen LogP) is 7.45. The lowest BCUT2D eigenvalue weighted by atomic mass is 9.97. The van der Waals surface area contributed by atoms with Crippen LogP contribution < -0.4 is 5.32 Å². The summed E-state index contributed by atoms with van der Waals surface area (Å²) < 4.78 is 13.1. The molecule has 2 N–H and O–H groups in total. The molecule has 3 heterocycles. The molecule has 1 aliphatic heterocycles. The van der Waals surface area contributed by atoms with E-state index in [0.29, 0.717) is 18.5 Å². The lowest BCUT2D eigenvalue weighted by Gasteiger charge is -2.36. The molecular formula is C39H34N4O4S. The number of nitrogens with one attached hydrogen (secondary N) is 1. The maximum Gasteiger partial charge on any atom is 0.271 e. The van der Waals surface area contributed by atoms with Gasteiger partial charge in [0.25, 0.3) is 5.91 Å². The Labute approximate surface area is 283 Å². The van der Waals surface area contributed by atoms with Crippen molar-refractivity contribution in [3.05, 3.63) is 156 Å². The monoisotopic (exact) mass is 654 g/mol. The van der Waals surface area contributed by atoms with E-state index >= 15 is 0 Å². The third-order valence-electron chi connectivity index (χ3n) is 8.30. The predicted molar refractivity (Wildman–Crippen MR) is 186 cm³/mol. The Kier molecular flexibility index (Phi) is 9.81. The Morgan fingerprint density at radius 3 is 2.35 bits per heavy atom. The van der Waals surface area contributed by atoms with Crippen molar-refractivity contribution >= 4 is 28.7 Å². The molecule has 0 spiro atoms. The number of carbonyl (C=O) groups excluding carboxylic acids is 1. The zero-order chi connectivity index (χ0) is 32.7. The highest BCUT2D eigenvalue weighted by Gasteiger charge is 2.32. The molecule has 7 rings (SSSR count). The summed E-state index contributed by atoms with van der Waals surface area (Å²) in [4.78, 5) is 26.3. The number of thioether (sulfide) groups is 1. The molecule has 3 atom stereocenters. The van der Waals surface area contributed by atoms with E-state index in [0.717, 1.165) is 49.7 Å². The number of pyridine rings is 1. The molecule has 6 aromatic rings. The van der Waals surface area contributed by atoms with Crippen LogP contribution in [0.5, 0.6) is 0 Å². The van der Waals surface area contributed by atoms with Crippen LogP contribution in [0, 0.1) is 0 Å². The molecule has 3 unspecified atom stereocenters. The van der Waals surface area contributed by atoms with Crippen molar-refractivity contribution < 1.29 is 19.4 Å².